The molecule has 1 N–H and O–H groups in total. The molecule has 0 radical (unpaired) electrons. The largest absolute Gasteiger partial charge is 0.378 e. The topological polar surface area (TPSA) is 58.6 Å². The summed E-state index contributed by atoms with van der Waals surface area (Å²) in [5, 5.41) is 2.81. The van der Waals surface area contributed by atoms with Crippen molar-refractivity contribution in [3.05, 3.63) is 60.9 Å². The molecule has 1 saturated heterocycles. The maximum Gasteiger partial charge on any atom is 0.223 e. The van der Waals surface area contributed by atoms with E-state index in [2.05, 4.69) is 60.8 Å². The first kappa shape index (κ1) is 30.6. The van der Waals surface area contributed by atoms with E-state index in [4.69, 9.17) is 4.74 Å². The average molecular weight is 485 g/mol. The van der Waals surface area contributed by atoms with Crippen LogP contribution >= 0.6 is 0 Å². The van der Waals surface area contributed by atoms with Gasteiger partial charge in [-0.2, -0.15) is 0 Å². The summed E-state index contributed by atoms with van der Waals surface area (Å²) in [6.07, 6.45) is 33.8. The Hall–Kier alpha value is -2.40. The van der Waals surface area contributed by atoms with Crippen LogP contribution in [0.3, 0.4) is 0 Å². The second-order valence-electron chi connectivity index (χ2n) is 8.84. The molecule has 0 saturated carbocycles. The number of ether oxygens (including phenoxy) is 1. The van der Waals surface area contributed by atoms with Gasteiger partial charge in [0.05, 0.1) is 13.2 Å². The smallest absolute Gasteiger partial charge is 0.223 e. The van der Waals surface area contributed by atoms with Gasteiger partial charge in [-0.3, -0.25) is 9.59 Å². The number of hydrogen-bond donors (Lipinski definition) is 1. The van der Waals surface area contributed by atoms with E-state index >= 15 is 0 Å². The molecular weight excluding hydrogens is 436 g/mol. The van der Waals surface area contributed by atoms with Gasteiger partial charge in [-0.15, -0.1) is 0 Å². The molecule has 0 unspecified atom stereocenters. The molecule has 196 valence electrons. The zero-order valence-electron chi connectivity index (χ0n) is 22.0. The molecule has 0 spiro atoms. The third-order valence-corrected chi connectivity index (χ3v) is 5.72. The Labute approximate surface area is 214 Å². The molecule has 1 fully saturated rings. The van der Waals surface area contributed by atoms with Gasteiger partial charge in [-0.05, 0) is 64.0 Å². The van der Waals surface area contributed by atoms with E-state index in [0.29, 0.717) is 39.1 Å². The Bertz CT molecular complexity index is 686. The van der Waals surface area contributed by atoms with E-state index in [9.17, 15) is 9.59 Å². The lowest BCUT2D eigenvalue weighted by Crippen LogP contribution is -2.40. The van der Waals surface area contributed by atoms with Gasteiger partial charge < -0.3 is 15.0 Å². The van der Waals surface area contributed by atoms with E-state index in [1.807, 2.05) is 11.0 Å². The van der Waals surface area contributed by atoms with Crippen LogP contribution in [-0.2, 0) is 14.3 Å². The van der Waals surface area contributed by atoms with Gasteiger partial charge >= 0.3 is 0 Å². The first-order valence-corrected chi connectivity index (χ1v) is 13.6. The third kappa shape index (κ3) is 19.6. The monoisotopic (exact) mass is 484 g/mol. The number of morpholine rings is 1. The third-order valence-electron chi connectivity index (χ3n) is 5.72. The number of carbonyl (C=O) groups is 2. The van der Waals surface area contributed by atoms with Crippen LogP contribution in [0.25, 0.3) is 0 Å². The molecule has 0 bridgehead atoms. The highest BCUT2D eigenvalue weighted by atomic mass is 16.5. The Kier molecular flexibility index (Phi) is 20.4. The number of carbonyl (C=O) groups excluding carboxylic acids is 2. The van der Waals surface area contributed by atoms with Gasteiger partial charge in [0.1, 0.15) is 0 Å². The van der Waals surface area contributed by atoms with Gasteiger partial charge in [0, 0.05) is 25.9 Å². The molecule has 0 aromatic heterocycles. The summed E-state index contributed by atoms with van der Waals surface area (Å²) in [5.41, 5.74) is 0. The van der Waals surface area contributed by atoms with E-state index in [-0.39, 0.29) is 11.8 Å². The molecule has 2 amide bonds. The van der Waals surface area contributed by atoms with Gasteiger partial charge in [0.2, 0.25) is 11.8 Å². The van der Waals surface area contributed by atoms with Gasteiger partial charge in [0.25, 0.3) is 0 Å². The normalized spacial score (nSPS) is 14.9. The molecule has 0 aromatic carbocycles. The number of nitrogens with one attached hydrogen (secondary N) is 1. The number of hydrogen-bond acceptors (Lipinski definition) is 3. The molecule has 1 aliphatic rings. The Balaban J connectivity index is 1.92. The average Bonchev–Trinajstić information content (AvgIpc) is 2.88. The summed E-state index contributed by atoms with van der Waals surface area (Å²) in [4.78, 5) is 25.8. The Morgan fingerprint density at radius 2 is 1.26 bits per heavy atom. The van der Waals surface area contributed by atoms with Crippen molar-refractivity contribution in [2.24, 2.45) is 0 Å². The zero-order chi connectivity index (χ0) is 25.2. The van der Waals surface area contributed by atoms with Crippen molar-refractivity contribution in [1.82, 2.24) is 10.2 Å². The van der Waals surface area contributed by atoms with Crippen LogP contribution in [0.15, 0.2) is 60.9 Å². The van der Waals surface area contributed by atoms with Crippen LogP contribution in [0.5, 0.6) is 0 Å². The maximum atomic E-state index is 12.0. The van der Waals surface area contributed by atoms with Crippen LogP contribution in [0.4, 0.5) is 0 Å². The number of rotatable bonds is 19. The molecule has 1 heterocycles. The highest BCUT2D eigenvalue weighted by molar-refractivity contribution is 5.77. The lowest BCUT2D eigenvalue weighted by atomic mass is 10.2. The second-order valence-corrected chi connectivity index (χ2v) is 8.84. The quantitative estimate of drug-likeness (QED) is 0.162. The molecule has 0 atom stereocenters. The first-order chi connectivity index (χ1) is 17.2. The van der Waals surface area contributed by atoms with Crippen molar-refractivity contribution in [1.29, 1.82) is 0 Å². The fraction of sp³-hybridized carbons (Fsp3) is 0.600. The molecule has 5 heteroatoms. The highest BCUT2D eigenvalue weighted by Crippen LogP contribution is 2.05. The SMILES string of the molecule is CCCCC/C=C\C/C=C\C/C=C\C/C=C\CCCC(=O)N/C=C/CCCC(=O)N1CCOCC1. The van der Waals surface area contributed by atoms with Gasteiger partial charge in [-0.25, -0.2) is 0 Å². The van der Waals surface area contributed by atoms with Crippen LogP contribution in [0, 0.1) is 0 Å². The number of unbranched alkanes of at least 4 members (excludes halogenated alkanes) is 5. The summed E-state index contributed by atoms with van der Waals surface area (Å²) in [5.74, 6) is 0.240. The molecule has 0 aliphatic carbocycles. The van der Waals surface area contributed by atoms with E-state index < -0.39 is 0 Å². The summed E-state index contributed by atoms with van der Waals surface area (Å²) >= 11 is 0. The highest BCUT2D eigenvalue weighted by Gasteiger charge is 2.15. The molecule has 0 aromatic rings. The summed E-state index contributed by atoms with van der Waals surface area (Å²) in [6.45, 7) is 4.91. The second kappa shape index (κ2) is 23.3. The Morgan fingerprint density at radius 1 is 0.714 bits per heavy atom. The van der Waals surface area contributed by atoms with Gasteiger partial charge in [-0.1, -0.05) is 74.4 Å². The number of nitrogens with zero attached hydrogens (tertiary/aromatic N) is 1. The van der Waals surface area contributed by atoms with Crippen LogP contribution in [0.2, 0.25) is 0 Å². The maximum absolute atomic E-state index is 12.0. The molecule has 35 heavy (non-hydrogen) atoms. The fourth-order valence-corrected chi connectivity index (χ4v) is 3.59. The molecule has 1 aliphatic heterocycles. The zero-order valence-corrected chi connectivity index (χ0v) is 22.0. The van der Waals surface area contributed by atoms with E-state index in [0.717, 1.165) is 44.9 Å². The summed E-state index contributed by atoms with van der Waals surface area (Å²) in [7, 11) is 0. The van der Waals surface area contributed by atoms with Gasteiger partial charge in [0.15, 0.2) is 0 Å². The van der Waals surface area contributed by atoms with E-state index in [1.54, 1.807) is 6.20 Å². The van der Waals surface area contributed by atoms with E-state index in [1.165, 1.54) is 25.7 Å². The van der Waals surface area contributed by atoms with Crippen molar-refractivity contribution in [2.45, 2.75) is 90.4 Å². The fourth-order valence-electron chi connectivity index (χ4n) is 3.59. The van der Waals surface area contributed by atoms with Crippen LogP contribution < -0.4 is 5.32 Å². The Morgan fingerprint density at radius 3 is 1.89 bits per heavy atom. The van der Waals surface area contributed by atoms with Crippen molar-refractivity contribution >= 4 is 11.8 Å². The first-order valence-electron chi connectivity index (χ1n) is 13.6. The predicted molar refractivity (Wildman–Crippen MR) is 147 cm³/mol. The van der Waals surface area contributed by atoms with Crippen molar-refractivity contribution in [3.63, 3.8) is 0 Å². The van der Waals surface area contributed by atoms with Crippen LogP contribution in [0.1, 0.15) is 90.4 Å². The minimum atomic E-state index is 0.0431. The van der Waals surface area contributed by atoms with Crippen molar-refractivity contribution in [3.8, 4) is 0 Å². The van der Waals surface area contributed by atoms with Crippen LogP contribution in [-0.4, -0.2) is 43.0 Å². The van der Waals surface area contributed by atoms with Crippen molar-refractivity contribution < 1.29 is 14.3 Å². The lowest BCUT2D eigenvalue weighted by Gasteiger charge is -2.26. The standard InChI is InChI=1S/C30H48N2O3/c1-2-3-4-5-6-7-8-9-10-11-12-13-14-15-16-17-19-22-29(33)31-24-21-18-20-23-30(34)32-25-27-35-28-26-32/h6-7,9-10,12-13,15-16,21,24H,2-5,8,11,14,17-20,22-23,25-28H2,1H3,(H,31,33)/b7-6-,10-9-,13-12-,16-15-,24-21+. The number of allylic oxidation sites excluding steroid dienone is 9. The summed E-state index contributed by atoms with van der Waals surface area (Å²) in [6, 6.07) is 0. The predicted octanol–water partition coefficient (Wildman–Crippen LogP) is 6.79. The van der Waals surface area contributed by atoms with Crippen molar-refractivity contribution in [2.75, 3.05) is 26.3 Å². The lowest BCUT2D eigenvalue weighted by molar-refractivity contribution is -0.135. The molecule has 5 nitrogen and oxygen atoms in total. The molecule has 1 rings (SSSR count). The minimum absolute atomic E-state index is 0.0431. The summed E-state index contributed by atoms with van der Waals surface area (Å²) < 4.78 is 5.26. The molecular formula is C30H48N2O3. The minimum Gasteiger partial charge on any atom is -0.378 e. The number of amides is 2.